The van der Waals surface area contributed by atoms with E-state index < -0.39 is 5.92 Å². The molecular weight excluding hydrogens is 382 g/mol. The number of thiophene rings is 1. The van der Waals surface area contributed by atoms with E-state index in [1.807, 2.05) is 58.8 Å². The average molecular weight is 406 g/mol. The van der Waals surface area contributed by atoms with Crippen LogP contribution >= 0.6 is 11.3 Å². The quantitative estimate of drug-likeness (QED) is 0.668. The number of amides is 2. The van der Waals surface area contributed by atoms with Gasteiger partial charge in [-0.3, -0.25) is 9.59 Å². The molecule has 1 aromatic carbocycles. The van der Waals surface area contributed by atoms with Crippen LogP contribution in [0.4, 0.5) is 5.82 Å². The van der Waals surface area contributed by atoms with Gasteiger partial charge in [0.2, 0.25) is 5.91 Å². The lowest BCUT2D eigenvalue weighted by Gasteiger charge is -2.41. The van der Waals surface area contributed by atoms with Crippen LogP contribution in [0.25, 0.3) is 0 Å². The fourth-order valence-corrected chi connectivity index (χ4v) is 4.76. The maximum atomic E-state index is 13.5. The molecule has 6 heteroatoms. The number of anilines is 1. The topological polar surface area (TPSA) is 62.3 Å². The minimum Gasteiger partial charge on any atom is -0.329 e. The van der Waals surface area contributed by atoms with E-state index in [1.165, 1.54) is 0 Å². The number of benzene rings is 1. The van der Waals surface area contributed by atoms with Crippen molar-refractivity contribution < 1.29 is 9.59 Å². The standard InChI is InChI=1S/C23H23N3O2S/c1-15(2)14-26-21(18-10-7-13-29-18)20(16-8-3-4-9-17(16)23(26)28)22(27)25-19-11-5-6-12-24-19/h3-13,15,20-21H,14H2,1-2H3,(H,24,25,27)/t20-,21-/m1/s1. The Morgan fingerprint density at radius 2 is 1.93 bits per heavy atom. The molecule has 0 radical (unpaired) electrons. The monoisotopic (exact) mass is 405 g/mol. The van der Waals surface area contributed by atoms with E-state index in [2.05, 4.69) is 24.1 Å². The minimum absolute atomic E-state index is 0.0189. The molecule has 1 N–H and O–H groups in total. The summed E-state index contributed by atoms with van der Waals surface area (Å²) in [6.07, 6.45) is 1.65. The van der Waals surface area contributed by atoms with Gasteiger partial charge in [-0.05, 0) is 41.1 Å². The van der Waals surface area contributed by atoms with Gasteiger partial charge < -0.3 is 10.2 Å². The Labute approximate surface area is 174 Å². The molecule has 3 aromatic rings. The Morgan fingerprint density at radius 1 is 1.14 bits per heavy atom. The number of nitrogens with zero attached hydrogens (tertiary/aromatic N) is 2. The molecule has 148 valence electrons. The van der Waals surface area contributed by atoms with Crippen LogP contribution < -0.4 is 5.32 Å². The zero-order valence-electron chi connectivity index (χ0n) is 16.4. The van der Waals surface area contributed by atoms with E-state index >= 15 is 0 Å². The summed E-state index contributed by atoms with van der Waals surface area (Å²) in [6.45, 7) is 4.76. The zero-order chi connectivity index (χ0) is 20.4. The van der Waals surface area contributed by atoms with E-state index in [1.54, 1.807) is 23.6 Å². The van der Waals surface area contributed by atoms with Gasteiger partial charge in [0.1, 0.15) is 5.82 Å². The van der Waals surface area contributed by atoms with Crippen LogP contribution in [0.1, 0.15) is 46.6 Å². The molecule has 0 bridgehead atoms. The Balaban J connectivity index is 1.82. The molecule has 0 saturated carbocycles. The first-order valence-corrected chi connectivity index (χ1v) is 10.6. The first kappa shape index (κ1) is 19.3. The second-order valence-corrected chi connectivity index (χ2v) is 8.56. The van der Waals surface area contributed by atoms with Gasteiger partial charge in [0.15, 0.2) is 0 Å². The number of pyridine rings is 1. The molecule has 29 heavy (non-hydrogen) atoms. The van der Waals surface area contributed by atoms with Crippen molar-refractivity contribution in [3.05, 3.63) is 82.2 Å². The summed E-state index contributed by atoms with van der Waals surface area (Å²) in [7, 11) is 0. The fourth-order valence-electron chi connectivity index (χ4n) is 3.89. The number of carbonyl (C=O) groups excluding carboxylic acids is 2. The number of fused-ring (bicyclic) bond motifs is 1. The molecule has 5 nitrogen and oxygen atoms in total. The third-order valence-corrected chi connectivity index (χ3v) is 5.98. The van der Waals surface area contributed by atoms with Gasteiger partial charge in [0.25, 0.3) is 5.91 Å². The van der Waals surface area contributed by atoms with Gasteiger partial charge >= 0.3 is 0 Å². The maximum absolute atomic E-state index is 13.5. The van der Waals surface area contributed by atoms with Crippen molar-refractivity contribution in [2.75, 3.05) is 11.9 Å². The van der Waals surface area contributed by atoms with E-state index in [-0.39, 0.29) is 23.8 Å². The maximum Gasteiger partial charge on any atom is 0.254 e. The molecule has 2 atom stereocenters. The highest BCUT2D eigenvalue weighted by molar-refractivity contribution is 7.10. The molecule has 2 aromatic heterocycles. The summed E-state index contributed by atoms with van der Waals surface area (Å²) in [5, 5.41) is 4.94. The van der Waals surface area contributed by atoms with Gasteiger partial charge in [-0.2, -0.15) is 0 Å². The Morgan fingerprint density at radius 3 is 2.62 bits per heavy atom. The van der Waals surface area contributed by atoms with Gasteiger partial charge in [-0.25, -0.2) is 4.98 Å². The van der Waals surface area contributed by atoms with Crippen LogP contribution in [-0.4, -0.2) is 28.2 Å². The van der Waals surface area contributed by atoms with Crippen LogP contribution in [-0.2, 0) is 4.79 Å². The second-order valence-electron chi connectivity index (χ2n) is 7.58. The number of carbonyl (C=O) groups is 2. The molecule has 2 amide bonds. The molecule has 0 saturated heterocycles. The molecule has 4 rings (SSSR count). The first-order chi connectivity index (χ1) is 14.1. The molecular formula is C23H23N3O2S. The smallest absolute Gasteiger partial charge is 0.254 e. The fraction of sp³-hybridized carbons (Fsp3) is 0.261. The molecule has 0 spiro atoms. The summed E-state index contributed by atoms with van der Waals surface area (Å²) in [6, 6.07) is 16.5. The van der Waals surface area contributed by atoms with E-state index in [9.17, 15) is 9.59 Å². The number of rotatable bonds is 5. The highest BCUT2D eigenvalue weighted by atomic mass is 32.1. The van der Waals surface area contributed by atoms with E-state index in [0.717, 1.165) is 10.4 Å². The van der Waals surface area contributed by atoms with Crippen molar-refractivity contribution >= 4 is 29.0 Å². The molecule has 0 fully saturated rings. The summed E-state index contributed by atoms with van der Waals surface area (Å²) in [5.41, 5.74) is 1.37. The van der Waals surface area contributed by atoms with Gasteiger partial charge in [-0.1, -0.05) is 44.2 Å². The summed E-state index contributed by atoms with van der Waals surface area (Å²) in [5.74, 6) is 0.104. The SMILES string of the molecule is CC(C)CN1C(=O)c2ccccc2[C@@H](C(=O)Nc2ccccn2)[C@H]1c1cccs1. The van der Waals surface area contributed by atoms with E-state index in [4.69, 9.17) is 0 Å². The number of nitrogens with one attached hydrogen (secondary N) is 1. The largest absolute Gasteiger partial charge is 0.329 e. The molecule has 0 aliphatic carbocycles. The van der Waals surface area contributed by atoms with Crippen molar-refractivity contribution in [1.29, 1.82) is 0 Å². The van der Waals surface area contributed by atoms with Crippen molar-refractivity contribution in [3.8, 4) is 0 Å². The number of hydrogen-bond donors (Lipinski definition) is 1. The molecule has 0 unspecified atom stereocenters. The van der Waals surface area contributed by atoms with Crippen molar-refractivity contribution in [2.45, 2.75) is 25.8 Å². The second kappa shape index (κ2) is 8.17. The predicted octanol–water partition coefficient (Wildman–Crippen LogP) is 4.72. The van der Waals surface area contributed by atoms with Crippen LogP contribution in [0, 0.1) is 5.92 Å². The van der Waals surface area contributed by atoms with Crippen LogP contribution in [0.15, 0.2) is 66.2 Å². The third-order valence-electron chi connectivity index (χ3n) is 5.03. The Kier molecular flexibility index (Phi) is 5.45. The Hall–Kier alpha value is -2.99. The number of hydrogen-bond acceptors (Lipinski definition) is 4. The van der Waals surface area contributed by atoms with Crippen LogP contribution in [0.3, 0.4) is 0 Å². The normalized spacial score (nSPS) is 18.6. The highest BCUT2D eigenvalue weighted by Crippen LogP contribution is 2.44. The highest BCUT2D eigenvalue weighted by Gasteiger charge is 2.44. The molecule has 1 aliphatic rings. The van der Waals surface area contributed by atoms with Gasteiger partial charge in [0, 0.05) is 23.2 Å². The molecule has 3 heterocycles. The van der Waals surface area contributed by atoms with Crippen molar-refractivity contribution in [3.63, 3.8) is 0 Å². The molecule has 1 aliphatic heterocycles. The predicted molar refractivity (Wildman–Crippen MR) is 115 cm³/mol. The lowest BCUT2D eigenvalue weighted by molar-refractivity contribution is -0.119. The lowest BCUT2D eigenvalue weighted by atomic mass is 9.81. The summed E-state index contributed by atoms with van der Waals surface area (Å²) < 4.78 is 0. The summed E-state index contributed by atoms with van der Waals surface area (Å²) in [4.78, 5) is 34.0. The van der Waals surface area contributed by atoms with Crippen LogP contribution in [0.5, 0.6) is 0 Å². The van der Waals surface area contributed by atoms with E-state index in [0.29, 0.717) is 17.9 Å². The van der Waals surface area contributed by atoms with Crippen LogP contribution in [0.2, 0.25) is 0 Å². The van der Waals surface area contributed by atoms with Crippen molar-refractivity contribution in [1.82, 2.24) is 9.88 Å². The van der Waals surface area contributed by atoms with Gasteiger partial charge in [0.05, 0.1) is 12.0 Å². The minimum atomic E-state index is -0.511. The lowest BCUT2D eigenvalue weighted by Crippen LogP contribution is -2.47. The average Bonchev–Trinajstić information content (AvgIpc) is 3.24. The van der Waals surface area contributed by atoms with Gasteiger partial charge in [-0.15, -0.1) is 11.3 Å². The third kappa shape index (κ3) is 3.80. The Bertz CT molecular complexity index is 1000. The van der Waals surface area contributed by atoms with Crippen molar-refractivity contribution in [2.24, 2.45) is 5.92 Å². The number of aromatic nitrogens is 1. The summed E-state index contributed by atoms with van der Waals surface area (Å²) >= 11 is 1.57. The zero-order valence-corrected chi connectivity index (χ0v) is 17.2. The first-order valence-electron chi connectivity index (χ1n) is 9.71.